The summed E-state index contributed by atoms with van der Waals surface area (Å²) in [4.78, 5) is 23.0. The third kappa shape index (κ3) is 9.13. The van der Waals surface area contributed by atoms with Crippen LogP contribution < -0.4 is 21.7 Å². The predicted molar refractivity (Wildman–Crippen MR) is 96.9 cm³/mol. The van der Waals surface area contributed by atoms with Gasteiger partial charge in [0.05, 0.1) is 6.54 Å². The lowest BCUT2D eigenvalue weighted by molar-refractivity contribution is -0.141. The number of nitrogens with one attached hydrogen (secondary N) is 4. The average Bonchev–Trinajstić information content (AvgIpc) is 2.48. The highest BCUT2D eigenvalue weighted by Gasteiger charge is 2.19. The van der Waals surface area contributed by atoms with Crippen LogP contribution in [-0.2, 0) is 16.1 Å². The van der Waals surface area contributed by atoms with E-state index in [0.717, 1.165) is 5.56 Å². The first kappa shape index (κ1) is 21.0. The minimum atomic E-state index is -1.11. The van der Waals surface area contributed by atoms with Gasteiger partial charge in [-0.15, -0.1) is 0 Å². The van der Waals surface area contributed by atoms with Gasteiger partial charge in [0.15, 0.2) is 5.96 Å². The molecule has 0 radical (unpaired) electrons. The van der Waals surface area contributed by atoms with Crippen LogP contribution in [0.2, 0.25) is 10.0 Å². The van der Waals surface area contributed by atoms with Gasteiger partial charge in [-0.2, -0.15) is 0 Å². The molecule has 138 valence electrons. The number of carbonyl (C=O) groups excluding carboxylic acids is 1. The van der Waals surface area contributed by atoms with Crippen molar-refractivity contribution in [2.45, 2.75) is 25.4 Å². The third-order valence-corrected chi connectivity index (χ3v) is 3.59. The normalized spacial score (nSPS) is 11.6. The SMILES string of the molecule is N=C(N)NCCCC(NC(=O)CNCc1cc(Cl)cc(Cl)c1)C(=O)O. The van der Waals surface area contributed by atoms with Gasteiger partial charge >= 0.3 is 5.97 Å². The number of carboxylic acid groups (broad SMARTS) is 1. The second-order valence-corrected chi connectivity index (χ2v) is 6.20. The fraction of sp³-hybridized carbons (Fsp3) is 0.400. The summed E-state index contributed by atoms with van der Waals surface area (Å²) in [6.45, 7) is 0.691. The van der Waals surface area contributed by atoms with Crippen LogP contribution in [0, 0.1) is 5.41 Å². The van der Waals surface area contributed by atoms with Crippen molar-refractivity contribution in [3.63, 3.8) is 0 Å². The van der Waals surface area contributed by atoms with Gasteiger partial charge in [-0.3, -0.25) is 10.2 Å². The van der Waals surface area contributed by atoms with E-state index in [4.69, 9.17) is 39.5 Å². The summed E-state index contributed by atoms with van der Waals surface area (Å²) in [7, 11) is 0. The standard InChI is InChI=1S/C15H21Cl2N5O3/c16-10-4-9(5-11(17)6-10)7-20-8-13(23)22-12(14(24)25)2-1-3-21-15(18)19/h4-6,12,20H,1-3,7-8H2,(H,22,23)(H,24,25)(H4,18,19,21). The van der Waals surface area contributed by atoms with Crippen LogP contribution in [0.5, 0.6) is 0 Å². The fourth-order valence-electron chi connectivity index (χ4n) is 2.07. The van der Waals surface area contributed by atoms with Crippen LogP contribution in [0.3, 0.4) is 0 Å². The lowest BCUT2D eigenvalue weighted by Gasteiger charge is -2.15. The van der Waals surface area contributed by atoms with Crippen LogP contribution in [0.1, 0.15) is 18.4 Å². The molecule has 0 heterocycles. The van der Waals surface area contributed by atoms with Crippen molar-refractivity contribution in [3.05, 3.63) is 33.8 Å². The number of benzene rings is 1. The van der Waals surface area contributed by atoms with Crippen molar-refractivity contribution < 1.29 is 14.7 Å². The zero-order valence-electron chi connectivity index (χ0n) is 13.4. The number of carbonyl (C=O) groups is 2. The first-order chi connectivity index (χ1) is 11.8. The first-order valence-electron chi connectivity index (χ1n) is 7.53. The molecule has 0 fully saturated rings. The number of amides is 1. The number of carboxylic acids is 1. The molecule has 10 heteroatoms. The molecule has 0 aliphatic rings. The van der Waals surface area contributed by atoms with E-state index >= 15 is 0 Å². The molecule has 0 spiro atoms. The molecule has 1 amide bonds. The zero-order valence-corrected chi connectivity index (χ0v) is 15.0. The minimum absolute atomic E-state index is 0.0421. The lowest BCUT2D eigenvalue weighted by Crippen LogP contribution is -2.45. The Labute approximate surface area is 155 Å². The van der Waals surface area contributed by atoms with Crippen molar-refractivity contribution in [2.75, 3.05) is 13.1 Å². The Kier molecular flexibility index (Phi) is 9.04. The summed E-state index contributed by atoms with van der Waals surface area (Å²) < 4.78 is 0. The Hall–Kier alpha value is -2.03. The van der Waals surface area contributed by atoms with Crippen LogP contribution >= 0.6 is 23.2 Å². The first-order valence-corrected chi connectivity index (χ1v) is 8.29. The van der Waals surface area contributed by atoms with E-state index in [9.17, 15) is 9.59 Å². The maximum atomic E-state index is 11.9. The van der Waals surface area contributed by atoms with Crippen LogP contribution in [0.4, 0.5) is 0 Å². The Morgan fingerprint density at radius 3 is 2.44 bits per heavy atom. The molecule has 0 bridgehead atoms. The van der Waals surface area contributed by atoms with Crippen LogP contribution in [0.25, 0.3) is 0 Å². The van der Waals surface area contributed by atoms with Gasteiger partial charge in [0, 0.05) is 23.1 Å². The van der Waals surface area contributed by atoms with Crippen molar-refractivity contribution in [3.8, 4) is 0 Å². The van der Waals surface area contributed by atoms with E-state index in [-0.39, 0.29) is 18.9 Å². The molecule has 0 aliphatic heterocycles. The third-order valence-electron chi connectivity index (χ3n) is 3.16. The van der Waals surface area contributed by atoms with Crippen molar-refractivity contribution in [2.24, 2.45) is 5.73 Å². The molecule has 1 atom stereocenters. The fourth-order valence-corrected chi connectivity index (χ4v) is 2.64. The van der Waals surface area contributed by atoms with Gasteiger partial charge in [-0.25, -0.2) is 4.79 Å². The molecule has 8 nitrogen and oxygen atoms in total. The smallest absolute Gasteiger partial charge is 0.326 e. The largest absolute Gasteiger partial charge is 0.480 e. The van der Waals surface area contributed by atoms with Crippen LogP contribution in [-0.4, -0.2) is 42.1 Å². The number of aliphatic carboxylic acids is 1. The molecule has 1 unspecified atom stereocenters. The van der Waals surface area contributed by atoms with Crippen molar-refractivity contribution >= 4 is 41.0 Å². The summed E-state index contributed by atoms with van der Waals surface area (Å²) >= 11 is 11.8. The summed E-state index contributed by atoms with van der Waals surface area (Å²) in [5, 5.41) is 25.1. The van der Waals surface area contributed by atoms with Crippen molar-refractivity contribution in [1.29, 1.82) is 5.41 Å². The maximum absolute atomic E-state index is 11.9. The van der Waals surface area contributed by atoms with E-state index in [0.29, 0.717) is 29.6 Å². The molecular formula is C15H21Cl2N5O3. The van der Waals surface area contributed by atoms with Crippen LogP contribution in [0.15, 0.2) is 18.2 Å². The molecule has 1 aromatic rings. The van der Waals surface area contributed by atoms with E-state index < -0.39 is 17.9 Å². The van der Waals surface area contributed by atoms with Gasteiger partial charge in [-0.1, -0.05) is 23.2 Å². The number of rotatable bonds is 10. The maximum Gasteiger partial charge on any atom is 0.326 e. The highest BCUT2D eigenvalue weighted by molar-refractivity contribution is 6.34. The number of hydrogen-bond donors (Lipinski definition) is 6. The predicted octanol–water partition coefficient (Wildman–Crippen LogP) is 0.916. The Morgan fingerprint density at radius 2 is 1.88 bits per heavy atom. The Balaban J connectivity index is 2.36. The van der Waals surface area contributed by atoms with E-state index in [1.807, 2.05) is 0 Å². The van der Waals surface area contributed by atoms with Gasteiger partial charge in [0.2, 0.25) is 5.91 Å². The molecular weight excluding hydrogens is 369 g/mol. The number of guanidine groups is 1. The average molecular weight is 390 g/mol. The molecule has 1 rings (SSSR count). The summed E-state index contributed by atoms with van der Waals surface area (Å²) in [6, 6.07) is 4.06. The molecule has 7 N–H and O–H groups in total. The molecule has 0 saturated carbocycles. The topological polar surface area (TPSA) is 140 Å². The summed E-state index contributed by atoms with van der Waals surface area (Å²) in [5.41, 5.74) is 5.95. The zero-order chi connectivity index (χ0) is 18.8. The quantitative estimate of drug-likeness (QED) is 0.199. The molecule has 25 heavy (non-hydrogen) atoms. The number of hydrogen-bond acceptors (Lipinski definition) is 4. The molecule has 0 saturated heterocycles. The summed E-state index contributed by atoms with van der Waals surface area (Å²) in [5.74, 6) is -1.72. The highest BCUT2D eigenvalue weighted by Crippen LogP contribution is 2.18. The van der Waals surface area contributed by atoms with Crippen molar-refractivity contribution in [1.82, 2.24) is 16.0 Å². The molecule has 1 aromatic carbocycles. The Bertz CT molecular complexity index is 607. The highest BCUT2D eigenvalue weighted by atomic mass is 35.5. The number of nitrogens with two attached hydrogens (primary N) is 1. The number of halogens is 2. The van der Waals surface area contributed by atoms with Gasteiger partial charge in [0.1, 0.15) is 6.04 Å². The molecule has 0 aromatic heterocycles. The summed E-state index contributed by atoms with van der Waals surface area (Å²) in [6.07, 6.45) is 0.677. The van der Waals surface area contributed by atoms with Gasteiger partial charge in [-0.05, 0) is 36.6 Å². The van der Waals surface area contributed by atoms with E-state index in [2.05, 4.69) is 16.0 Å². The van der Waals surface area contributed by atoms with E-state index in [1.54, 1.807) is 18.2 Å². The van der Waals surface area contributed by atoms with Gasteiger partial charge in [0.25, 0.3) is 0 Å². The Morgan fingerprint density at radius 1 is 1.24 bits per heavy atom. The minimum Gasteiger partial charge on any atom is -0.480 e. The second-order valence-electron chi connectivity index (χ2n) is 5.32. The van der Waals surface area contributed by atoms with E-state index in [1.165, 1.54) is 0 Å². The molecule has 0 aliphatic carbocycles. The monoisotopic (exact) mass is 389 g/mol. The van der Waals surface area contributed by atoms with Gasteiger partial charge < -0.3 is 26.8 Å². The lowest BCUT2D eigenvalue weighted by atomic mass is 10.1. The second kappa shape index (κ2) is 10.8.